The number of hydrogen-bond donors (Lipinski definition) is 1. The maximum atomic E-state index is 11.6. The van der Waals surface area contributed by atoms with Gasteiger partial charge in [0.25, 0.3) is 5.56 Å². The molecule has 19 heavy (non-hydrogen) atoms. The van der Waals surface area contributed by atoms with Crippen molar-refractivity contribution in [2.24, 2.45) is 0 Å². The molecule has 0 fully saturated rings. The normalized spacial score (nSPS) is 10.3. The molecular weight excluding hydrogens is 242 g/mol. The summed E-state index contributed by atoms with van der Waals surface area (Å²) in [4.78, 5) is 26.5. The predicted molar refractivity (Wildman–Crippen MR) is 68.1 cm³/mol. The Morgan fingerprint density at radius 3 is 2.63 bits per heavy atom. The highest BCUT2D eigenvalue weighted by molar-refractivity contribution is 5.79. The Balaban J connectivity index is 2.17. The lowest BCUT2D eigenvalue weighted by atomic mass is 10.2. The van der Waals surface area contributed by atoms with E-state index in [2.05, 4.69) is 19.9 Å². The zero-order chi connectivity index (χ0) is 13.2. The van der Waals surface area contributed by atoms with E-state index in [1.807, 2.05) is 0 Å². The second kappa shape index (κ2) is 4.31. The molecule has 0 bridgehead atoms. The number of nitrogens with zero attached hydrogens (tertiary/aromatic N) is 4. The van der Waals surface area contributed by atoms with E-state index in [1.54, 1.807) is 36.7 Å². The van der Waals surface area contributed by atoms with E-state index in [-0.39, 0.29) is 5.56 Å². The maximum absolute atomic E-state index is 11.6. The first-order chi connectivity index (χ1) is 9.28. The molecular formula is C13H7N5O. The molecule has 0 aliphatic carbocycles. The fourth-order valence-electron chi connectivity index (χ4n) is 1.73. The molecule has 6 heteroatoms. The SMILES string of the molecule is N#Cc1cnc(-c2ccc3nccnc3c2)[nH]c1=O. The molecule has 0 aliphatic rings. The van der Waals surface area contributed by atoms with E-state index in [1.165, 1.54) is 6.20 Å². The highest BCUT2D eigenvalue weighted by Gasteiger charge is 2.05. The van der Waals surface area contributed by atoms with Gasteiger partial charge in [0.1, 0.15) is 17.5 Å². The number of nitriles is 1. The first-order valence-corrected chi connectivity index (χ1v) is 5.48. The largest absolute Gasteiger partial charge is 0.305 e. The Morgan fingerprint density at radius 2 is 1.89 bits per heavy atom. The van der Waals surface area contributed by atoms with Crippen LogP contribution < -0.4 is 5.56 Å². The molecule has 0 saturated heterocycles. The Kier molecular flexibility index (Phi) is 2.50. The van der Waals surface area contributed by atoms with Crippen LogP contribution in [0.25, 0.3) is 22.4 Å². The number of aromatic nitrogens is 4. The summed E-state index contributed by atoms with van der Waals surface area (Å²) in [6.45, 7) is 0. The van der Waals surface area contributed by atoms with E-state index in [9.17, 15) is 4.79 Å². The van der Waals surface area contributed by atoms with Crippen molar-refractivity contribution in [3.8, 4) is 17.5 Å². The van der Waals surface area contributed by atoms with Crippen molar-refractivity contribution in [3.05, 3.63) is 52.7 Å². The Bertz CT molecular complexity index is 863. The number of hydrogen-bond acceptors (Lipinski definition) is 5. The zero-order valence-corrected chi connectivity index (χ0v) is 9.66. The topological polar surface area (TPSA) is 95.3 Å². The maximum Gasteiger partial charge on any atom is 0.269 e. The predicted octanol–water partition coefficient (Wildman–Crippen LogP) is 1.25. The number of nitrogens with one attached hydrogen (secondary N) is 1. The Morgan fingerprint density at radius 1 is 1.11 bits per heavy atom. The summed E-state index contributed by atoms with van der Waals surface area (Å²) in [6.07, 6.45) is 4.47. The molecule has 3 aromatic rings. The van der Waals surface area contributed by atoms with Crippen molar-refractivity contribution in [1.29, 1.82) is 5.26 Å². The van der Waals surface area contributed by atoms with Gasteiger partial charge in [-0.25, -0.2) is 4.98 Å². The summed E-state index contributed by atoms with van der Waals surface area (Å²) in [5.41, 5.74) is 1.74. The molecule has 2 aromatic heterocycles. The fourth-order valence-corrected chi connectivity index (χ4v) is 1.73. The van der Waals surface area contributed by atoms with Crippen LogP contribution in [0.2, 0.25) is 0 Å². The van der Waals surface area contributed by atoms with Gasteiger partial charge >= 0.3 is 0 Å². The van der Waals surface area contributed by atoms with Gasteiger partial charge in [-0.2, -0.15) is 5.26 Å². The van der Waals surface area contributed by atoms with Crippen LogP contribution in [-0.2, 0) is 0 Å². The minimum absolute atomic E-state index is 0.00988. The van der Waals surface area contributed by atoms with Crippen molar-refractivity contribution in [2.45, 2.75) is 0 Å². The summed E-state index contributed by atoms with van der Waals surface area (Å²) in [5.74, 6) is 0.400. The lowest BCUT2D eigenvalue weighted by molar-refractivity contribution is 1.11. The minimum atomic E-state index is -0.452. The van der Waals surface area contributed by atoms with Gasteiger partial charge in [-0.05, 0) is 18.2 Å². The van der Waals surface area contributed by atoms with Crippen LogP contribution in [0.15, 0.2) is 41.6 Å². The third-order valence-corrected chi connectivity index (χ3v) is 2.66. The van der Waals surface area contributed by atoms with Gasteiger partial charge in [0.05, 0.1) is 17.2 Å². The smallest absolute Gasteiger partial charge is 0.269 e. The zero-order valence-electron chi connectivity index (χ0n) is 9.66. The van der Waals surface area contributed by atoms with Crippen molar-refractivity contribution >= 4 is 11.0 Å². The quantitative estimate of drug-likeness (QED) is 0.700. The molecule has 6 nitrogen and oxygen atoms in total. The average molecular weight is 249 g/mol. The number of H-pyrrole nitrogens is 1. The fraction of sp³-hybridized carbons (Fsp3) is 0. The molecule has 0 amide bonds. The van der Waals surface area contributed by atoms with Crippen LogP contribution in [0.3, 0.4) is 0 Å². The van der Waals surface area contributed by atoms with E-state index in [0.717, 1.165) is 11.1 Å². The van der Waals surface area contributed by atoms with Crippen LogP contribution >= 0.6 is 0 Å². The molecule has 3 rings (SSSR count). The highest BCUT2D eigenvalue weighted by Crippen LogP contribution is 2.18. The summed E-state index contributed by atoms with van der Waals surface area (Å²) in [7, 11) is 0. The van der Waals surface area contributed by atoms with Crippen LogP contribution in [0.1, 0.15) is 5.56 Å². The molecule has 0 aliphatic heterocycles. The van der Waals surface area contributed by atoms with Crippen molar-refractivity contribution in [1.82, 2.24) is 19.9 Å². The summed E-state index contributed by atoms with van der Waals surface area (Å²) < 4.78 is 0. The Hall–Kier alpha value is -3.07. The summed E-state index contributed by atoms with van der Waals surface area (Å²) in [6, 6.07) is 7.15. The van der Waals surface area contributed by atoms with Crippen LogP contribution in [0.4, 0.5) is 0 Å². The third-order valence-electron chi connectivity index (χ3n) is 2.66. The van der Waals surface area contributed by atoms with Gasteiger partial charge in [-0.3, -0.25) is 14.8 Å². The average Bonchev–Trinajstić information content (AvgIpc) is 2.46. The molecule has 2 heterocycles. The monoisotopic (exact) mass is 249 g/mol. The highest BCUT2D eigenvalue weighted by atomic mass is 16.1. The van der Waals surface area contributed by atoms with Gasteiger partial charge in [0.15, 0.2) is 0 Å². The third kappa shape index (κ3) is 1.93. The van der Waals surface area contributed by atoms with Gasteiger partial charge < -0.3 is 4.98 Å². The second-order valence-electron chi connectivity index (χ2n) is 3.85. The Labute approximate surface area is 107 Å². The van der Waals surface area contributed by atoms with E-state index in [4.69, 9.17) is 5.26 Å². The van der Waals surface area contributed by atoms with Crippen molar-refractivity contribution in [3.63, 3.8) is 0 Å². The van der Waals surface area contributed by atoms with Crippen LogP contribution in [0, 0.1) is 11.3 Å². The second-order valence-corrected chi connectivity index (χ2v) is 3.85. The number of aromatic amines is 1. The van der Waals surface area contributed by atoms with Crippen molar-refractivity contribution < 1.29 is 0 Å². The molecule has 0 unspecified atom stereocenters. The van der Waals surface area contributed by atoms with Crippen LogP contribution in [-0.4, -0.2) is 19.9 Å². The molecule has 1 N–H and O–H groups in total. The van der Waals surface area contributed by atoms with Crippen molar-refractivity contribution in [2.75, 3.05) is 0 Å². The molecule has 0 radical (unpaired) electrons. The molecule has 0 saturated carbocycles. The van der Waals surface area contributed by atoms with Gasteiger partial charge in [-0.15, -0.1) is 0 Å². The number of fused-ring (bicyclic) bond motifs is 1. The van der Waals surface area contributed by atoms with Gasteiger partial charge in [0.2, 0.25) is 0 Å². The first kappa shape index (κ1) is 11.0. The lowest BCUT2D eigenvalue weighted by Crippen LogP contribution is -2.12. The number of rotatable bonds is 1. The number of benzene rings is 1. The summed E-state index contributed by atoms with van der Waals surface area (Å²) >= 11 is 0. The van der Waals surface area contributed by atoms with Gasteiger partial charge in [-0.1, -0.05) is 0 Å². The molecule has 1 aromatic carbocycles. The minimum Gasteiger partial charge on any atom is -0.305 e. The molecule has 90 valence electrons. The standard InChI is InChI=1S/C13H7N5O/c14-6-9-7-17-12(18-13(9)19)8-1-2-10-11(5-8)16-4-3-15-10/h1-5,7H,(H,17,18,19). The molecule has 0 spiro atoms. The van der Waals surface area contributed by atoms with E-state index >= 15 is 0 Å². The van der Waals surface area contributed by atoms with Gasteiger partial charge in [0, 0.05) is 18.0 Å². The van der Waals surface area contributed by atoms with Crippen LogP contribution in [0.5, 0.6) is 0 Å². The summed E-state index contributed by atoms with van der Waals surface area (Å²) in [5, 5.41) is 8.69. The lowest BCUT2D eigenvalue weighted by Gasteiger charge is -2.02. The van der Waals surface area contributed by atoms with E-state index in [0.29, 0.717) is 11.3 Å². The first-order valence-electron chi connectivity index (χ1n) is 5.48. The van der Waals surface area contributed by atoms with E-state index < -0.39 is 5.56 Å². The molecule has 0 atom stereocenters.